The van der Waals surface area contributed by atoms with Crippen LogP contribution in [0.4, 0.5) is 0 Å². The van der Waals surface area contributed by atoms with Gasteiger partial charge < -0.3 is 19.8 Å². The Morgan fingerprint density at radius 1 is 0.867 bits per heavy atom. The average Bonchev–Trinajstić information content (AvgIpc) is 2.60. The number of aliphatic carboxylic acids is 2. The molecule has 6 heteroatoms. The molecule has 2 aliphatic rings. The van der Waals surface area contributed by atoms with Crippen LogP contribution in [0.15, 0.2) is 0 Å². The van der Waals surface area contributed by atoms with Crippen LogP contribution in [-0.2, 0) is 9.59 Å². The first kappa shape index (κ1) is 15.9. The van der Waals surface area contributed by atoms with Gasteiger partial charge in [0.25, 0.3) is 0 Å². The van der Waals surface area contributed by atoms with Gasteiger partial charge in [-0.15, -0.1) is 0 Å². The summed E-state index contributed by atoms with van der Waals surface area (Å²) in [6, 6.07) is 0. The molecule has 2 aliphatic carbocycles. The Morgan fingerprint density at radius 2 is 1.20 bits per heavy atom. The number of carbonyl (C=O) groups is 2. The molecule has 0 aromatic rings. The van der Waals surface area contributed by atoms with Crippen molar-refractivity contribution in [3.63, 3.8) is 0 Å². The van der Waals surface area contributed by atoms with Gasteiger partial charge in [-0.2, -0.15) is 0 Å². The predicted molar refractivity (Wildman–Crippen MR) is 37.8 cm³/mol. The Morgan fingerprint density at radius 3 is 1.47 bits per heavy atom. The molecule has 0 amide bonds. The van der Waals surface area contributed by atoms with E-state index in [2.05, 4.69) is 0 Å². The summed E-state index contributed by atoms with van der Waals surface area (Å²) in [5.74, 6) is -4.02. The van der Waals surface area contributed by atoms with Gasteiger partial charge in [-0.05, 0) is 31.1 Å². The SMILES string of the molecule is O=C([O-])[C@@H]1[C@@H]2CC[C@@H](C2)[C@@H]1C(=O)[O-].[Na+].[Na+]. The van der Waals surface area contributed by atoms with Crippen molar-refractivity contribution < 1.29 is 78.9 Å². The van der Waals surface area contributed by atoms with E-state index in [4.69, 9.17) is 0 Å². The van der Waals surface area contributed by atoms with Crippen LogP contribution in [0.2, 0.25) is 0 Å². The van der Waals surface area contributed by atoms with E-state index in [9.17, 15) is 19.8 Å². The zero-order valence-electron chi connectivity index (χ0n) is 9.06. The van der Waals surface area contributed by atoms with Crippen molar-refractivity contribution in [2.45, 2.75) is 19.3 Å². The van der Waals surface area contributed by atoms with E-state index in [-0.39, 0.29) is 71.0 Å². The Hall–Kier alpha value is 0.940. The zero-order valence-corrected chi connectivity index (χ0v) is 13.1. The van der Waals surface area contributed by atoms with Crippen molar-refractivity contribution >= 4 is 11.9 Å². The number of carboxylic acids is 2. The quantitative estimate of drug-likeness (QED) is 0.440. The first-order valence-electron chi connectivity index (χ1n) is 4.53. The second-order valence-electron chi connectivity index (χ2n) is 4.02. The molecule has 4 nitrogen and oxygen atoms in total. The van der Waals surface area contributed by atoms with E-state index in [1.165, 1.54) is 0 Å². The second kappa shape index (κ2) is 6.03. The number of hydrogen-bond acceptors (Lipinski definition) is 4. The first-order chi connectivity index (χ1) is 6.11. The number of fused-ring (bicyclic) bond motifs is 2. The van der Waals surface area contributed by atoms with Gasteiger partial charge in [-0.25, -0.2) is 0 Å². The Bertz CT molecular complexity index is 243. The normalized spacial score (nSPS) is 36.5. The molecule has 0 N–H and O–H groups in total. The minimum atomic E-state index is -1.22. The van der Waals surface area contributed by atoms with Crippen LogP contribution in [0.3, 0.4) is 0 Å². The molecule has 0 aromatic carbocycles. The minimum absolute atomic E-state index is 0. The van der Waals surface area contributed by atoms with Crippen molar-refractivity contribution in [3.8, 4) is 0 Å². The smallest absolute Gasteiger partial charge is 0.550 e. The third-order valence-corrected chi connectivity index (χ3v) is 3.46. The standard InChI is InChI=1S/C9H12O4.2Na/c10-8(11)6-4-1-2-5(3-4)7(6)9(12)13;;/h4-7H,1-3H2,(H,10,11)(H,12,13);;/q;2*+1/p-2/t4-,5+,6-,7+;;. The fourth-order valence-corrected chi connectivity index (χ4v) is 2.97. The molecule has 2 saturated carbocycles. The van der Waals surface area contributed by atoms with Gasteiger partial charge in [0.05, 0.1) is 0 Å². The first-order valence-corrected chi connectivity index (χ1v) is 4.53. The third kappa shape index (κ3) is 2.79. The largest absolute Gasteiger partial charge is 1.00 e. The van der Waals surface area contributed by atoms with Crippen LogP contribution < -0.4 is 69.3 Å². The molecule has 0 radical (unpaired) electrons. The summed E-state index contributed by atoms with van der Waals surface area (Å²) in [5.41, 5.74) is 0. The Kier molecular flexibility index (Phi) is 6.41. The van der Waals surface area contributed by atoms with Crippen molar-refractivity contribution in [1.29, 1.82) is 0 Å². The van der Waals surface area contributed by atoms with Crippen LogP contribution in [0, 0.1) is 23.7 Å². The van der Waals surface area contributed by atoms with Gasteiger partial charge in [0.2, 0.25) is 0 Å². The fraction of sp³-hybridized carbons (Fsp3) is 0.778. The van der Waals surface area contributed by atoms with Crippen LogP contribution in [0.1, 0.15) is 19.3 Å². The number of carboxylic acid groups (broad SMARTS) is 2. The zero-order chi connectivity index (χ0) is 9.59. The molecule has 0 spiro atoms. The average molecular weight is 228 g/mol. The molecular weight excluding hydrogens is 218 g/mol. The van der Waals surface area contributed by atoms with Crippen molar-refractivity contribution in [2.75, 3.05) is 0 Å². The maximum absolute atomic E-state index is 10.7. The second-order valence-corrected chi connectivity index (χ2v) is 4.02. The van der Waals surface area contributed by atoms with E-state index in [1.54, 1.807) is 0 Å². The summed E-state index contributed by atoms with van der Waals surface area (Å²) in [6.07, 6.45) is 2.37. The molecule has 2 bridgehead atoms. The molecule has 0 heterocycles. The van der Waals surface area contributed by atoms with Gasteiger partial charge in [0.1, 0.15) is 0 Å². The molecule has 0 unspecified atom stereocenters. The minimum Gasteiger partial charge on any atom is -0.550 e. The number of hydrogen-bond donors (Lipinski definition) is 0. The fourth-order valence-electron chi connectivity index (χ4n) is 2.97. The van der Waals surface area contributed by atoms with Crippen molar-refractivity contribution in [3.05, 3.63) is 0 Å². The van der Waals surface area contributed by atoms with Gasteiger partial charge in [-0.1, -0.05) is 0 Å². The van der Waals surface area contributed by atoms with E-state index >= 15 is 0 Å². The van der Waals surface area contributed by atoms with Crippen molar-refractivity contribution in [1.82, 2.24) is 0 Å². The van der Waals surface area contributed by atoms with E-state index < -0.39 is 23.8 Å². The summed E-state index contributed by atoms with van der Waals surface area (Å²) in [6.45, 7) is 0. The molecular formula is C9H10Na2O4. The van der Waals surface area contributed by atoms with Crippen LogP contribution in [0.25, 0.3) is 0 Å². The van der Waals surface area contributed by atoms with Gasteiger partial charge in [0.15, 0.2) is 0 Å². The molecule has 0 aromatic heterocycles. The van der Waals surface area contributed by atoms with Crippen LogP contribution >= 0.6 is 0 Å². The maximum atomic E-state index is 10.7. The molecule has 15 heavy (non-hydrogen) atoms. The summed E-state index contributed by atoms with van der Waals surface area (Å²) in [4.78, 5) is 21.4. The van der Waals surface area contributed by atoms with Gasteiger partial charge in [-0.3, -0.25) is 0 Å². The van der Waals surface area contributed by atoms with E-state index in [1.807, 2.05) is 0 Å². The van der Waals surface area contributed by atoms with E-state index in [0.29, 0.717) is 0 Å². The monoisotopic (exact) mass is 228 g/mol. The molecule has 2 fully saturated rings. The van der Waals surface area contributed by atoms with Gasteiger partial charge >= 0.3 is 59.1 Å². The summed E-state index contributed by atoms with van der Waals surface area (Å²) < 4.78 is 0. The number of carbonyl (C=O) groups excluding carboxylic acids is 2. The predicted octanol–water partition coefficient (Wildman–Crippen LogP) is -7.84. The third-order valence-electron chi connectivity index (χ3n) is 3.46. The molecule has 4 atom stereocenters. The Balaban J connectivity index is 0.000000980. The molecule has 2 rings (SSSR count). The van der Waals surface area contributed by atoms with E-state index in [0.717, 1.165) is 19.3 Å². The van der Waals surface area contributed by atoms with Gasteiger partial charge in [0, 0.05) is 23.8 Å². The molecule has 0 saturated heterocycles. The van der Waals surface area contributed by atoms with Crippen molar-refractivity contribution in [2.24, 2.45) is 23.7 Å². The molecule has 0 aliphatic heterocycles. The molecule has 72 valence electrons. The van der Waals surface area contributed by atoms with Crippen LogP contribution in [0.5, 0.6) is 0 Å². The Labute approximate surface area is 132 Å². The summed E-state index contributed by atoms with van der Waals surface area (Å²) in [7, 11) is 0. The number of rotatable bonds is 2. The topological polar surface area (TPSA) is 80.3 Å². The summed E-state index contributed by atoms with van der Waals surface area (Å²) in [5, 5.41) is 21.4. The van der Waals surface area contributed by atoms with Crippen LogP contribution in [-0.4, -0.2) is 11.9 Å². The maximum Gasteiger partial charge on any atom is 1.00 e. The summed E-state index contributed by atoms with van der Waals surface area (Å²) >= 11 is 0.